The molecule has 1 atom stereocenters. The number of hydrogen-bond donors (Lipinski definition) is 2. The number of benzene rings is 1. The molecule has 0 amide bonds. The van der Waals surface area contributed by atoms with Gasteiger partial charge in [0.2, 0.25) is 5.75 Å². The van der Waals surface area contributed by atoms with Gasteiger partial charge in [-0.3, -0.25) is 0 Å². The van der Waals surface area contributed by atoms with Crippen LogP contribution in [0.1, 0.15) is 32.3 Å². The van der Waals surface area contributed by atoms with Crippen molar-refractivity contribution < 1.29 is 19.3 Å². The van der Waals surface area contributed by atoms with Crippen LogP contribution in [0.25, 0.3) is 0 Å². The average Bonchev–Trinajstić information content (AvgIpc) is 2.45. The number of rotatable bonds is 5. The topological polar surface area (TPSA) is 60.0 Å². The average molecular weight is 295 g/mol. The second-order valence-electron chi connectivity index (χ2n) is 6.03. The van der Waals surface area contributed by atoms with Crippen LogP contribution in [0, 0.1) is 0 Å². The second-order valence-corrected chi connectivity index (χ2v) is 6.03. The maximum Gasteiger partial charge on any atom is 0.200 e. The third kappa shape index (κ3) is 4.02. The van der Waals surface area contributed by atoms with Crippen molar-refractivity contribution in [3.05, 3.63) is 17.7 Å². The van der Waals surface area contributed by atoms with Crippen LogP contribution in [-0.2, 0) is 11.3 Å². The maximum absolute atomic E-state index is 9.91. The molecule has 1 fully saturated rings. The Hall–Kier alpha value is -1.46. The first-order valence-electron chi connectivity index (χ1n) is 7.26. The van der Waals surface area contributed by atoms with Crippen LogP contribution in [0.2, 0.25) is 0 Å². The Morgan fingerprint density at radius 1 is 1.29 bits per heavy atom. The molecule has 1 aliphatic rings. The van der Waals surface area contributed by atoms with Crippen LogP contribution in [0.3, 0.4) is 0 Å². The lowest BCUT2D eigenvalue weighted by Gasteiger charge is -2.36. The van der Waals surface area contributed by atoms with E-state index in [1.807, 2.05) is 12.1 Å². The van der Waals surface area contributed by atoms with Gasteiger partial charge in [-0.25, -0.2) is 0 Å². The van der Waals surface area contributed by atoms with Crippen molar-refractivity contribution in [1.82, 2.24) is 5.32 Å². The van der Waals surface area contributed by atoms with Crippen molar-refractivity contribution in [1.29, 1.82) is 0 Å². The Kier molecular flexibility index (Phi) is 4.96. The molecule has 1 heterocycles. The van der Waals surface area contributed by atoms with Crippen LogP contribution in [-0.4, -0.2) is 37.6 Å². The Morgan fingerprint density at radius 2 is 1.90 bits per heavy atom. The summed E-state index contributed by atoms with van der Waals surface area (Å²) in [6.45, 7) is 5.72. The molecule has 118 valence electrons. The monoisotopic (exact) mass is 295 g/mol. The van der Waals surface area contributed by atoms with Crippen molar-refractivity contribution >= 4 is 0 Å². The van der Waals surface area contributed by atoms with Gasteiger partial charge in [-0.05, 0) is 44.4 Å². The molecule has 2 N–H and O–H groups in total. The first-order chi connectivity index (χ1) is 9.95. The van der Waals surface area contributed by atoms with Gasteiger partial charge >= 0.3 is 0 Å². The summed E-state index contributed by atoms with van der Waals surface area (Å²) in [7, 11) is 3.07. The summed E-state index contributed by atoms with van der Waals surface area (Å²) >= 11 is 0. The number of methoxy groups -OCH3 is 2. The highest BCUT2D eigenvalue weighted by molar-refractivity contribution is 5.52. The molecule has 21 heavy (non-hydrogen) atoms. The normalized spacial score (nSPS) is 21.0. The molecule has 0 saturated carbocycles. The first-order valence-corrected chi connectivity index (χ1v) is 7.26. The minimum Gasteiger partial charge on any atom is -0.502 e. The van der Waals surface area contributed by atoms with Gasteiger partial charge in [0, 0.05) is 19.2 Å². The van der Waals surface area contributed by atoms with Gasteiger partial charge in [0.15, 0.2) is 11.5 Å². The summed E-state index contributed by atoms with van der Waals surface area (Å²) in [6.07, 6.45) is 2.00. The van der Waals surface area contributed by atoms with E-state index in [1.54, 1.807) is 0 Å². The third-order valence-corrected chi connectivity index (χ3v) is 3.83. The summed E-state index contributed by atoms with van der Waals surface area (Å²) < 4.78 is 16.1. The molecule has 0 spiro atoms. The second kappa shape index (κ2) is 6.54. The Labute approximate surface area is 126 Å². The van der Waals surface area contributed by atoms with Crippen molar-refractivity contribution in [3.63, 3.8) is 0 Å². The smallest absolute Gasteiger partial charge is 0.200 e. The fourth-order valence-electron chi connectivity index (χ4n) is 2.72. The summed E-state index contributed by atoms with van der Waals surface area (Å²) in [5, 5.41) is 13.5. The lowest BCUT2D eigenvalue weighted by molar-refractivity contribution is -0.0630. The number of phenolic OH excluding ortho intramolecular Hbond substituents is 1. The van der Waals surface area contributed by atoms with Crippen molar-refractivity contribution in [2.24, 2.45) is 0 Å². The molecule has 1 saturated heterocycles. The Morgan fingerprint density at radius 3 is 2.43 bits per heavy atom. The number of ether oxygens (including phenoxy) is 3. The highest BCUT2D eigenvalue weighted by Crippen LogP contribution is 2.37. The zero-order valence-corrected chi connectivity index (χ0v) is 13.2. The summed E-state index contributed by atoms with van der Waals surface area (Å²) in [5.41, 5.74) is 0.950. The number of phenols is 1. The fourth-order valence-corrected chi connectivity index (χ4v) is 2.72. The maximum atomic E-state index is 9.91. The van der Waals surface area contributed by atoms with E-state index in [0.29, 0.717) is 24.1 Å². The third-order valence-electron chi connectivity index (χ3n) is 3.83. The van der Waals surface area contributed by atoms with Gasteiger partial charge < -0.3 is 24.6 Å². The van der Waals surface area contributed by atoms with E-state index in [2.05, 4.69) is 19.2 Å². The lowest BCUT2D eigenvalue weighted by atomic mass is 9.94. The predicted octanol–water partition coefficient (Wildman–Crippen LogP) is 2.46. The van der Waals surface area contributed by atoms with E-state index in [-0.39, 0.29) is 11.4 Å². The van der Waals surface area contributed by atoms with E-state index in [1.165, 1.54) is 14.2 Å². The molecule has 0 aliphatic carbocycles. The van der Waals surface area contributed by atoms with Gasteiger partial charge in [-0.2, -0.15) is 0 Å². The summed E-state index contributed by atoms with van der Waals surface area (Å²) in [5.74, 6) is 0.896. The molecule has 2 rings (SSSR count). The molecule has 1 aliphatic heterocycles. The molecule has 1 aromatic rings. The molecular formula is C16H25NO4. The van der Waals surface area contributed by atoms with Gasteiger partial charge in [0.25, 0.3) is 0 Å². The largest absolute Gasteiger partial charge is 0.502 e. The number of hydrogen-bond acceptors (Lipinski definition) is 5. The molecule has 0 aromatic heterocycles. The quantitative estimate of drug-likeness (QED) is 0.874. The zero-order valence-electron chi connectivity index (χ0n) is 13.2. The molecule has 5 nitrogen and oxygen atoms in total. The van der Waals surface area contributed by atoms with Crippen molar-refractivity contribution in [2.75, 3.05) is 20.8 Å². The van der Waals surface area contributed by atoms with E-state index in [4.69, 9.17) is 14.2 Å². The fraction of sp³-hybridized carbons (Fsp3) is 0.625. The first kappa shape index (κ1) is 15.9. The van der Waals surface area contributed by atoms with Gasteiger partial charge in [0.05, 0.1) is 19.8 Å². The molecule has 5 heteroatoms. The summed E-state index contributed by atoms with van der Waals surface area (Å²) in [4.78, 5) is 0. The molecular weight excluding hydrogens is 270 g/mol. The molecule has 0 radical (unpaired) electrons. The highest BCUT2D eigenvalue weighted by atomic mass is 16.5. The minimum absolute atomic E-state index is 0.0379. The molecule has 1 aromatic carbocycles. The van der Waals surface area contributed by atoms with Crippen LogP contribution in [0.5, 0.6) is 17.2 Å². The van der Waals surface area contributed by atoms with Crippen LogP contribution >= 0.6 is 0 Å². The number of aromatic hydroxyl groups is 1. The molecule has 0 bridgehead atoms. The van der Waals surface area contributed by atoms with E-state index >= 15 is 0 Å². The van der Waals surface area contributed by atoms with Crippen molar-refractivity contribution in [2.45, 2.75) is 44.9 Å². The number of nitrogens with one attached hydrogen (secondary N) is 1. The van der Waals surface area contributed by atoms with Gasteiger partial charge in [-0.1, -0.05) is 0 Å². The molecule has 1 unspecified atom stereocenters. The lowest BCUT2D eigenvalue weighted by Crippen LogP contribution is -2.43. The zero-order chi connectivity index (χ0) is 15.5. The van der Waals surface area contributed by atoms with Crippen molar-refractivity contribution in [3.8, 4) is 17.2 Å². The van der Waals surface area contributed by atoms with E-state index in [0.717, 1.165) is 25.0 Å². The minimum atomic E-state index is -0.0692. The van der Waals surface area contributed by atoms with E-state index < -0.39 is 0 Å². The highest BCUT2D eigenvalue weighted by Gasteiger charge is 2.28. The summed E-state index contributed by atoms with van der Waals surface area (Å²) in [6, 6.07) is 4.09. The SMILES string of the molecule is COc1cc(CNC2CCOC(C)(C)C2)cc(OC)c1O. The Bertz CT molecular complexity index is 462. The Balaban J connectivity index is 2.03. The van der Waals surface area contributed by atoms with Gasteiger partial charge in [0.1, 0.15) is 0 Å². The standard InChI is InChI=1S/C16H25NO4/c1-16(2)9-12(5-6-21-16)17-10-11-7-13(19-3)15(18)14(8-11)20-4/h7-8,12,17-18H,5-6,9-10H2,1-4H3. The van der Waals surface area contributed by atoms with Gasteiger partial charge in [-0.15, -0.1) is 0 Å². The predicted molar refractivity (Wildman–Crippen MR) is 81.1 cm³/mol. The van der Waals surface area contributed by atoms with Crippen LogP contribution in [0.15, 0.2) is 12.1 Å². The van der Waals surface area contributed by atoms with Crippen LogP contribution < -0.4 is 14.8 Å². The van der Waals surface area contributed by atoms with Crippen LogP contribution in [0.4, 0.5) is 0 Å². The van der Waals surface area contributed by atoms with E-state index in [9.17, 15) is 5.11 Å².